The molecule has 0 spiro atoms. The zero-order valence-corrected chi connectivity index (χ0v) is 11.2. The maximum Gasteiger partial charge on any atom is 0.266 e. The highest BCUT2D eigenvalue weighted by Gasteiger charge is 2.37. The van der Waals surface area contributed by atoms with Gasteiger partial charge in [-0.15, -0.1) is 0 Å². The molecule has 5 nitrogen and oxygen atoms in total. The standard InChI is InChI=1S/C15H13N3O2/c1-8-3-6-13(9(2)17-8)18-14(19)11-5-4-10(16)7-12(11)15(18)20/h3-7H,16H2,1-2H3. The Kier molecular flexibility index (Phi) is 2.57. The van der Waals surface area contributed by atoms with Crippen LogP contribution in [0.5, 0.6) is 0 Å². The van der Waals surface area contributed by atoms with Crippen LogP contribution in [-0.2, 0) is 0 Å². The van der Waals surface area contributed by atoms with E-state index >= 15 is 0 Å². The number of carbonyl (C=O) groups excluding carboxylic acids is 2. The second kappa shape index (κ2) is 4.16. The highest BCUT2D eigenvalue weighted by molar-refractivity contribution is 6.34. The molecule has 0 radical (unpaired) electrons. The topological polar surface area (TPSA) is 76.3 Å². The lowest BCUT2D eigenvalue weighted by Gasteiger charge is -2.16. The van der Waals surface area contributed by atoms with Crippen molar-refractivity contribution in [2.24, 2.45) is 0 Å². The molecule has 0 unspecified atom stereocenters. The summed E-state index contributed by atoms with van der Waals surface area (Å²) in [5, 5.41) is 0. The summed E-state index contributed by atoms with van der Waals surface area (Å²) in [7, 11) is 0. The van der Waals surface area contributed by atoms with Gasteiger partial charge in [0.2, 0.25) is 0 Å². The Morgan fingerprint density at radius 1 is 1.00 bits per heavy atom. The first-order valence-corrected chi connectivity index (χ1v) is 6.21. The van der Waals surface area contributed by atoms with E-state index in [-0.39, 0.29) is 11.8 Å². The first-order chi connectivity index (χ1) is 9.49. The van der Waals surface area contributed by atoms with E-state index in [0.717, 1.165) is 10.6 Å². The molecule has 20 heavy (non-hydrogen) atoms. The molecule has 100 valence electrons. The molecular formula is C15H13N3O2. The molecule has 2 heterocycles. The summed E-state index contributed by atoms with van der Waals surface area (Å²) in [6, 6.07) is 8.26. The molecule has 0 fully saturated rings. The van der Waals surface area contributed by atoms with Gasteiger partial charge in [-0.3, -0.25) is 14.6 Å². The molecule has 1 aromatic heterocycles. The van der Waals surface area contributed by atoms with Crippen molar-refractivity contribution in [3.05, 3.63) is 52.8 Å². The summed E-state index contributed by atoms with van der Waals surface area (Å²) >= 11 is 0. The van der Waals surface area contributed by atoms with Crippen molar-refractivity contribution in [1.82, 2.24) is 4.98 Å². The minimum absolute atomic E-state index is 0.334. The number of aryl methyl sites for hydroxylation is 2. The number of anilines is 2. The number of benzene rings is 1. The van der Waals surface area contributed by atoms with Gasteiger partial charge < -0.3 is 5.73 Å². The highest BCUT2D eigenvalue weighted by Crippen LogP contribution is 2.30. The van der Waals surface area contributed by atoms with Crippen LogP contribution in [0.1, 0.15) is 32.1 Å². The van der Waals surface area contributed by atoms with Gasteiger partial charge in [0, 0.05) is 11.4 Å². The fourth-order valence-electron chi connectivity index (χ4n) is 2.39. The number of fused-ring (bicyclic) bond motifs is 1. The molecule has 5 heteroatoms. The number of rotatable bonds is 1. The Balaban J connectivity index is 2.14. The van der Waals surface area contributed by atoms with Crippen LogP contribution in [-0.4, -0.2) is 16.8 Å². The average molecular weight is 267 g/mol. The van der Waals surface area contributed by atoms with Gasteiger partial charge in [-0.1, -0.05) is 0 Å². The highest BCUT2D eigenvalue weighted by atomic mass is 16.2. The summed E-state index contributed by atoms with van der Waals surface area (Å²) in [6.45, 7) is 3.64. The van der Waals surface area contributed by atoms with Crippen LogP contribution in [0, 0.1) is 13.8 Å². The number of nitrogens with zero attached hydrogens (tertiary/aromatic N) is 2. The second-order valence-corrected chi connectivity index (χ2v) is 4.81. The average Bonchev–Trinajstić information content (AvgIpc) is 2.63. The Hall–Kier alpha value is -2.69. The van der Waals surface area contributed by atoms with Crippen LogP contribution >= 0.6 is 0 Å². The molecule has 2 aromatic rings. The summed E-state index contributed by atoms with van der Waals surface area (Å²) in [5.74, 6) is -0.690. The summed E-state index contributed by atoms with van der Waals surface area (Å²) in [4.78, 5) is 30.3. The van der Waals surface area contributed by atoms with Gasteiger partial charge in [-0.25, -0.2) is 4.90 Å². The monoisotopic (exact) mass is 267 g/mol. The lowest BCUT2D eigenvalue weighted by molar-refractivity contribution is 0.0925. The lowest BCUT2D eigenvalue weighted by atomic mass is 10.1. The number of hydrogen-bond acceptors (Lipinski definition) is 4. The van der Waals surface area contributed by atoms with Crippen LogP contribution < -0.4 is 10.6 Å². The fraction of sp³-hybridized carbons (Fsp3) is 0.133. The zero-order valence-electron chi connectivity index (χ0n) is 11.2. The maximum atomic E-state index is 12.4. The van der Waals surface area contributed by atoms with Crippen molar-refractivity contribution in [2.45, 2.75) is 13.8 Å². The Bertz CT molecular complexity index is 753. The normalized spacial score (nSPS) is 13.8. The van der Waals surface area contributed by atoms with Crippen molar-refractivity contribution in [3.63, 3.8) is 0 Å². The van der Waals surface area contributed by atoms with Crippen molar-refractivity contribution in [1.29, 1.82) is 0 Å². The number of hydrogen-bond donors (Lipinski definition) is 1. The van der Waals surface area contributed by atoms with Crippen molar-refractivity contribution >= 4 is 23.2 Å². The molecule has 3 rings (SSSR count). The lowest BCUT2D eigenvalue weighted by Crippen LogP contribution is -2.30. The molecule has 1 aliphatic heterocycles. The number of amides is 2. The van der Waals surface area contributed by atoms with Gasteiger partial charge in [0.15, 0.2) is 0 Å². The van der Waals surface area contributed by atoms with Gasteiger partial charge in [-0.2, -0.15) is 0 Å². The SMILES string of the molecule is Cc1ccc(N2C(=O)c3ccc(N)cc3C2=O)c(C)n1. The van der Waals surface area contributed by atoms with Gasteiger partial charge in [0.25, 0.3) is 11.8 Å². The first kappa shape index (κ1) is 12.3. The van der Waals surface area contributed by atoms with E-state index in [2.05, 4.69) is 4.98 Å². The van der Waals surface area contributed by atoms with Crippen LogP contribution in [0.3, 0.4) is 0 Å². The maximum absolute atomic E-state index is 12.4. The smallest absolute Gasteiger partial charge is 0.266 e. The second-order valence-electron chi connectivity index (χ2n) is 4.81. The first-order valence-electron chi connectivity index (χ1n) is 6.21. The minimum Gasteiger partial charge on any atom is -0.399 e. The third-order valence-corrected chi connectivity index (χ3v) is 3.35. The van der Waals surface area contributed by atoms with Crippen LogP contribution in [0.15, 0.2) is 30.3 Å². The summed E-state index contributed by atoms with van der Waals surface area (Å²) < 4.78 is 0. The number of carbonyl (C=O) groups is 2. The van der Waals surface area contributed by atoms with E-state index in [1.54, 1.807) is 31.2 Å². The van der Waals surface area contributed by atoms with Crippen LogP contribution in [0.2, 0.25) is 0 Å². The molecule has 1 aliphatic rings. The molecule has 2 N–H and O–H groups in total. The third-order valence-electron chi connectivity index (χ3n) is 3.35. The molecule has 0 atom stereocenters. The molecule has 1 aromatic carbocycles. The molecule has 0 aliphatic carbocycles. The van der Waals surface area contributed by atoms with E-state index < -0.39 is 0 Å². The largest absolute Gasteiger partial charge is 0.399 e. The van der Waals surface area contributed by atoms with E-state index in [0.29, 0.717) is 28.2 Å². The molecule has 0 saturated carbocycles. The molecule has 0 bridgehead atoms. The van der Waals surface area contributed by atoms with Gasteiger partial charge in [0.05, 0.1) is 22.5 Å². The third kappa shape index (κ3) is 1.67. The van der Waals surface area contributed by atoms with Gasteiger partial charge in [-0.05, 0) is 44.2 Å². The van der Waals surface area contributed by atoms with Crippen molar-refractivity contribution < 1.29 is 9.59 Å². The Morgan fingerprint density at radius 2 is 1.70 bits per heavy atom. The summed E-state index contributed by atoms with van der Waals surface area (Å²) in [6.07, 6.45) is 0. The predicted molar refractivity (Wildman–Crippen MR) is 75.7 cm³/mol. The molecular weight excluding hydrogens is 254 g/mol. The fourth-order valence-corrected chi connectivity index (χ4v) is 2.39. The van der Waals surface area contributed by atoms with Gasteiger partial charge >= 0.3 is 0 Å². The summed E-state index contributed by atoms with van der Waals surface area (Å²) in [5.41, 5.74) is 8.86. The van der Waals surface area contributed by atoms with Crippen LogP contribution in [0.25, 0.3) is 0 Å². The van der Waals surface area contributed by atoms with Crippen LogP contribution in [0.4, 0.5) is 11.4 Å². The van der Waals surface area contributed by atoms with Crippen molar-refractivity contribution in [2.75, 3.05) is 10.6 Å². The van der Waals surface area contributed by atoms with E-state index in [1.165, 1.54) is 6.07 Å². The van der Waals surface area contributed by atoms with E-state index in [4.69, 9.17) is 5.73 Å². The molecule has 2 amide bonds. The van der Waals surface area contributed by atoms with Gasteiger partial charge in [0.1, 0.15) is 0 Å². The molecule has 0 saturated heterocycles. The Morgan fingerprint density at radius 3 is 2.40 bits per heavy atom. The number of pyridine rings is 1. The minimum atomic E-state index is -0.356. The number of nitrogen functional groups attached to an aromatic ring is 1. The number of nitrogens with two attached hydrogens (primary N) is 1. The van der Waals surface area contributed by atoms with Crippen molar-refractivity contribution in [3.8, 4) is 0 Å². The number of aromatic nitrogens is 1. The predicted octanol–water partition coefficient (Wildman–Crippen LogP) is 2.08. The Labute approximate surface area is 116 Å². The zero-order chi connectivity index (χ0) is 14.4. The van der Waals surface area contributed by atoms with E-state index in [9.17, 15) is 9.59 Å². The van der Waals surface area contributed by atoms with E-state index in [1.807, 2.05) is 6.92 Å². The number of imide groups is 1. The quantitative estimate of drug-likeness (QED) is 0.634.